The van der Waals surface area contributed by atoms with Crippen LogP contribution in [-0.2, 0) is 11.3 Å². The van der Waals surface area contributed by atoms with Gasteiger partial charge in [0.25, 0.3) is 0 Å². The van der Waals surface area contributed by atoms with E-state index in [1.54, 1.807) is 11.0 Å². The number of aryl methyl sites for hydroxylation is 3. The van der Waals surface area contributed by atoms with Crippen LogP contribution in [0, 0.1) is 32.1 Å². The molecule has 0 atom stereocenters. The van der Waals surface area contributed by atoms with Gasteiger partial charge >= 0.3 is 0 Å². The van der Waals surface area contributed by atoms with Crippen LogP contribution in [0.1, 0.15) is 23.1 Å². The fourth-order valence-corrected chi connectivity index (χ4v) is 4.38. The van der Waals surface area contributed by atoms with Crippen LogP contribution in [0.2, 0.25) is 0 Å². The molecule has 2 aromatic carbocycles. The van der Waals surface area contributed by atoms with E-state index in [0.29, 0.717) is 18.2 Å². The second kappa shape index (κ2) is 10.8. The average Bonchev–Trinajstić information content (AvgIpc) is 3.15. The highest BCUT2D eigenvalue weighted by Gasteiger charge is 2.19. The van der Waals surface area contributed by atoms with Gasteiger partial charge in [-0.1, -0.05) is 47.7 Å². The van der Waals surface area contributed by atoms with Gasteiger partial charge in [0.05, 0.1) is 18.2 Å². The van der Waals surface area contributed by atoms with Crippen molar-refractivity contribution < 1.29 is 4.79 Å². The van der Waals surface area contributed by atoms with Crippen LogP contribution >= 0.6 is 11.8 Å². The summed E-state index contributed by atoms with van der Waals surface area (Å²) >= 11 is 1.35. The van der Waals surface area contributed by atoms with Gasteiger partial charge in [0.1, 0.15) is 0 Å². The van der Waals surface area contributed by atoms with Crippen LogP contribution in [0.3, 0.4) is 0 Å². The molecule has 0 aliphatic rings. The molecule has 0 bridgehead atoms. The molecule has 6 nitrogen and oxygen atoms in total. The van der Waals surface area contributed by atoms with Gasteiger partial charge in [-0.3, -0.25) is 9.36 Å². The monoisotopic (exact) mass is 445 g/mol. The Labute approximate surface area is 193 Å². The molecule has 0 saturated heterocycles. The van der Waals surface area contributed by atoms with E-state index in [4.69, 9.17) is 5.26 Å². The van der Waals surface area contributed by atoms with Crippen LogP contribution in [0.25, 0.3) is 11.4 Å². The molecule has 164 valence electrons. The van der Waals surface area contributed by atoms with Gasteiger partial charge < -0.3 is 4.90 Å². The maximum atomic E-state index is 13.2. The third-order valence-electron chi connectivity index (χ3n) is 4.90. The Morgan fingerprint density at radius 1 is 1.16 bits per heavy atom. The largest absolute Gasteiger partial charge is 0.311 e. The van der Waals surface area contributed by atoms with Crippen molar-refractivity contribution in [3.05, 3.63) is 71.8 Å². The highest BCUT2D eigenvalue weighted by atomic mass is 32.2. The fraction of sp³-hybridized carbons (Fsp3) is 0.280. The summed E-state index contributed by atoms with van der Waals surface area (Å²) in [6.07, 6.45) is 2.07. The molecular formula is C25H27N5OS. The number of nitriles is 1. The van der Waals surface area contributed by atoms with Crippen LogP contribution < -0.4 is 4.90 Å². The number of nitrogens with zero attached hydrogens (tertiary/aromatic N) is 5. The van der Waals surface area contributed by atoms with Gasteiger partial charge in [0, 0.05) is 24.3 Å². The lowest BCUT2D eigenvalue weighted by Crippen LogP contribution is -2.33. The van der Waals surface area contributed by atoms with Crippen LogP contribution in [-0.4, -0.2) is 33.0 Å². The second-order valence-corrected chi connectivity index (χ2v) is 8.61. The molecule has 3 rings (SSSR count). The summed E-state index contributed by atoms with van der Waals surface area (Å²) in [5.41, 5.74) is 5.09. The number of allylic oxidation sites excluding steroid dienone is 1. The lowest BCUT2D eigenvalue weighted by atomic mass is 10.1. The number of aromatic nitrogens is 3. The summed E-state index contributed by atoms with van der Waals surface area (Å²) in [5.74, 6) is 0.876. The minimum Gasteiger partial charge on any atom is -0.311 e. The zero-order valence-electron chi connectivity index (χ0n) is 18.7. The van der Waals surface area contributed by atoms with Crippen molar-refractivity contribution in [2.24, 2.45) is 0 Å². The first kappa shape index (κ1) is 23.3. The third kappa shape index (κ3) is 5.65. The molecule has 0 fully saturated rings. The number of rotatable bonds is 9. The average molecular weight is 446 g/mol. The van der Waals surface area contributed by atoms with Crippen molar-refractivity contribution in [2.45, 2.75) is 38.9 Å². The maximum absolute atomic E-state index is 13.2. The molecule has 0 radical (unpaired) electrons. The van der Waals surface area contributed by atoms with Crippen molar-refractivity contribution in [3.63, 3.8) is 0 Å². The Bertz CT molecular complexity index is 1140. The van der Waals surface area contributed by atoms with E-state index in [1.807, 2.05) is 55.7 Å². The summed E-state index contributed by atoms with van der Waals surface area (Å²) in [7, 11) is 0. The lowest BCUT2D eigenvalue weighted by molar-refractivity contribution is -0.116. The number of hydrogen-bond acceptors (Lipinski definition) is 5. The Hall–Kier alpha value is -3.37. The first-order valence-electron chi connectivity index (χ1n) is 10.4. The summed E-state index contributed by atoms with van der Waals surface area (Å²) < 4.78 is 1.97. The van der Waals surface area contributed by atoms with Gasteiger partial charge in [0.2, 0.25) is 5.91 Å². The molecule has 0 unspecified atom stereocenters. The SMILES string of the molecule is C=CCn1c(SCC(=O)N(CCC#N)c2cc(C)cc(C)c2)nnc1-c1cccc(C)c1. The van der Waals surface area contributed by atoms with E-state index in [2.05, 4.69) is 35.0 Å². The minimum absolute atomic E-state index is 0.0690. The molecule has 0 aliphatic heterocycles. The Balaban J connectivity index is 1.83. The topological polar surface area (TPSA) is 74.8 Å². The summed E-state index contributed by atoms with van der Waals surface area (Å²) in [4.78, 5) is 14.8. The van der Waals surface area contributed by atoms with Crippen LogP contribution in [0.5, 0.6) is 0 Å². The summed E-state index contributed by atoms with van der Waals surface area (Å²) in [6.45, 7) is 10.8. The molecule has 0 saturated carbocycles. The van der Waals surface area contributed by atoms with Crippen LogP contribution in [0.15, 0.2) is 60.3 Å². The van der Waals surface area contributed by atoms with E-state index in [0.717, 1.165) is 33.8 Å². The molecule has 32 heavy (non-hydrogen) atoms. The first-order valence-corrected chi connectivity index (χ1v) is 11.4. The van der Waals surface area contributed by atoms with Gasteiger partial charge in [-0.05, 0) is 50.1 Å². The molecule has 1 heterocycles. The lowest BCUT2D eigenvalue weighted by Gasteiger charge is -2.22. The number of amides is 1. The molecule has 7 heteroatoms. The van der Waals surface area contributed by atoms with Gasteiger partial charge in [-0.25, -0.2) is 0 Å². The third-order valence-corrected chi connectivity index (χ3v) is 5.85. The fourth-order valence-electron chi connectivity index (χ4n) is 3.56. The van der Waals surface area contributed by atoms with E-state index >= 15 is 0 Å². The van der Waals surface area contributed by atoms with E-state index in [1.165, 1.54) is 11.8 Å². The number of carbonyl (C=O) groups excluding carboxylic acids is 1. The van der Waals surface area contributed by atoms with Gasteiger partial charge in [0.15, 0.2) is 11.0 Å². The van der Waals surface area contributed by atoms with E-state index < -0.39 is 0 Å². The zero-order chi connectivity index (χ0) is 23.1. The number of thioether (sulfide) groups is 1. The van der Waals surface area contributed by atoms with Gasteiger partial charge in [-0.15, -0.1) is 16.8 Å². The van der Waals surface area contributed by atoms with Crippen molar-refractivity contribution in [1.82, 2.24) is 14.8 Å². The molecule has 1 amide bonds. The van der Waals surface area contributed by atoms with Gasteiger partial charge in [-0.2, -0.15) is 5.26 Å². The Kier molecular flexibility index (Phi) is 7.85. The summed E-state index contributed by atoms with van der Waals surface area (Å²) in [6, 6.07) is 16.2. The van der Waals surface area contributed by atoms with E-state index in [9.17, 15) is 4.79 Å². The number of benzene rings is 2. The zero-order valence-corrected chi connectivity index (χ0v) is 19.5. The number of hydrogen-bond donors (Lipinski definition) is 0. The molecule has 3 aromatic rings. The molecule has 0 N–H and O–H groups in total. The first-order chi connectivity index (χ1) is 15.4. The Morgan fingerprint density at radius 3 is 2.56 bits per heavy atom. The standard InChI is InChI=1S/C25H27N5OS/c1-5-11-30-24(21-9-6-8-18(2)14-21)27-28-25(30)32-17-23(31)29(12-7-10-26)22-15-19(3)13-20(4)16-22/h5-6,8-9,13-16H,1,7,11-12,17H2,2-4H3. The quantitative estimate of drug-likeness (QED) is 0.339. The molecule has 1 aromatic heterocycles. The second-order valence-electron chi connectivity index (χ2n) is 7.66. The predicted octanol–water partition coefficient (Wildman–Crippen LogP) is 5.10. The highest BCUT2D eigenvalue weighted by molar-refractivity contribution is 7.99. The smallest absolute Gasteiger partial charge is 0.237 e. The minimum atomic E-state index is -0.0690. The van der Waals surface area contributed by atoms with Crippen molar-refractivity contribution in [2.75, 3.05) is 17.2 Å². The normalized spacial score (nSPS) is 10.6. The van der Waals surface area contributed by atoms with E-state index in [-0.39, 0.29) is 18.1 Å². The molecule has 0 aliphatic carbocycles. The summed E-state index contributed by atoms with van der Waals surface area (Å²) in [5, 5.41) is 18.4. The Morgan fingerprint density at radius 2 is 1.91 bits per heavy atom. The number of carbonyl (C=O) groups is 1. The van der Waals surface area contributed by atoms with Crippen molar-refractivity contribution in [3.8, 4) is 17.5 Å². The van der Waals surface area contributed by atoms with Crippen molar-refractivity contribution >= 4 is 23.4 Å². The highest BCUT2D eigenvalue weighted by Crippen LogP contribution is 2.26. The molecular weight excluding hydrogens is 418 g/mol. The molecule has 0 spiro atoms. The number of anilines is 1. The maximum Gasteiger partial charge on any atom is 0.237 e. The van der Waals surface area contributed by atoms with Crippen LogP contribution in [0.4, 0.5) is 5.69 Å². The predicted molar refractivity (Wildman–Crippen MR) is 130 cm³/mol. The van der Waals surface area contributed by atoms with Crippen molar-refractivity contribution in [1.29, 1.82) is 5.26 Å².